The summed E-state index contributed by atoms with van der Waals surface area (Å²) in [5.74, 6) is -0.0249. The van der Waals surface area contributed by atoms with E-state index in [1.807, 2.05) is 24.4 Å². The van der Waals surface area contributed by atoms with E-state index in [-0.39, 0.29) is 12.3 Å². The standard InChI is InChI=1S/C10H10N2O/c11-6-10(13)8-1-2-9-7(5-8)3-4-12-9/h1-5,12H,6,11H2. The molecule has 3 heteroatoms. The SMILES string of the molecule is NCC(=O)c1ccc2[nH]ccc2c1. The summed E-state index contributed by atoms with van der Waals surface area (Å²) in [6, 6.07) is 7.45. The third-order valence-electron chi connectivity index (χ3n) is 2.06. The van der Waals surface area contributed by atoms with Crippen molar-refractivity contribution < 1.29 is 4.79 Å². The quantitative estimate of drug-likeness (QED) is 0.674. The zero-order valence-electron chi connectivity index (χ0n) is 7.08. The third-order valence-corrected chi connectivity index (χ3v) is 2.06. The van der Waals surface area contributed by atoms with Gasteiger partial charge < -0.3 is 10.7 Å². The van der Waals surface area contributed by atoms with E-state index < -0.39 is 0 Å². The second-order valence-electron chi connectivity index (χ2n) is 2.91. The summed E-state index contributed by atoms with van der Waals surface area (Å²) in [5, 5.41) is 1.04. The van der Waals surface area contributed by atoms with Gasteiger partial charge in [0.25, 0.3) is 0 Å². The van der Waals surface area contributed by atoms with Crippen molar-refractivity contribution in [2.24, 2.45) is 5.73 Å². The van der Waals surface area contributed by atoms with Gasteiger partial charge in [0.15, 0.2) is 5.78 Å². The molecule has 0 unspecified atom stereocenters. The van der Waals surface area contributed by atoms with Crippen molar-refractivity contribution >= 4 is 16.7 Å². The molecule has 0 amide bonds. The molecule has 66 valence electrons. The van der Waals surface area contributed by atoms with Crippen LogP contribution in [0.25, 0.3) is 10.9 Å². The molecular formula is C10H10N2O. The van der Waals surface area contributed by atoms with Gasteiger partial charge in [-0.05, 0) is 24.3 Å². The normalized spacial score (nSPS) is 10.5. The van der Waals surface area contributed by atoms with Gasteiger partial charge in [-0.3, -0.25) is 4.79 Å². The first-order chi connectivity index (χ1) is 6.31. The number of aromatic nitrogens is 1. The number of rotatable bonds is 2. The van der Waals surface area contributed by atoms with Crippen LogP contribution in [-0.4, -0.2) is 17.3 Å². The number of hydrogen-bond acceptors (Lipinski definition) is 2. The maximum absolute atomic E-state index is 11.2. The Balaban J connectivity index is 2.54. The first kappa shape index (κ1) is 8.01. The number of H-pyrrole nitrogens is 1. The van der Waals surface area contributed by atoms with Crippen LogP contribution in [0.3, 0.4) is 0 Å². The topological polar surface area (TPSA) is 58.9 Å². The molecule has 1 aromatic heterocycles. The summed E-state index contributed by atoms with van der Waals surface area (Å²) in [5.41, 5.74) is 6.98. The van der Waals surface area contributed by atoms with E-state index in [0.717, 1.165) is 10.9 Å². The Morgan fingerprint density at radius 2 is 2.23 bits per heavy atom. The van der Waals surface area contributed by atoms with E-state index in [0.29, 0.717) is 5.56 Å². The van der Waals surface area contributed by atoms with Gasteiger partial charge >= 0.3 is 0 Å². The van der Waals surface area contributed by atoms with Crippen LogP contribution in [0.5, 0.6) is 0 Å². The first-order valence-electron chi connectivity index (χ1n) is 4.11. The highest BCUT2D eigenvalue weighted by Gasteiger charge is 2.03. The molecule has 3 nitrogen and oxygen atoms in total. The Hall–Kier alpha value is -1.61. The molecule has 0 bridgehead atoms. The number of nitrogens with one attached hydrogen (secondary N) is 1. The lowest BCUT2D eigenvalue weighted by Gasteiger charge is -1.97. The van der Waals surface area contributed by atoms with Crippen molar-refractivity contribution in [3.63, 3.8) is 0 Å². The number of benzene rings is 1. The highest BCUT2D eigenvalue weighted by Crippen LogP contribution is 2.14. The second kappa shape index (κ2) is 3.03. The molecule has 3 N–H and O–H groups in total. The molecule has 13 heavy (non-hydrogen) atoms. The van der Waals surface area contributed by atoms with Crippen LogP contribution in [0.4, 0.5) is 0 Å². The van der Waals surface area contributed by atoms with E-state index in [9.17, 15) is 4.79 Å². The first-order valence-corrected chi connectivity index (χ1v) is 4.11. The van der Waals surface area contributed by atoms with Gasteiger partial charge in [-0.1, -0.05) is 0 Å². The maximum Gasteiger partial charge on any atom is 0.176 e. The second-order valence-corrected chi connectivity index (χ2v) is 2.91. The van der Waals surface area contributed by atoms with Gasteiger partial charge in [0, 0.05) is 22.7 Å². The van der Waals surface area contributed by atoms with Crippen molar-refractivity contribution in [1.82, 2.24) is 4.98 Å². The third kappa shape index (κ3) is 1.34. The van der Waals surface area contributed by atoms with Crippen LogP contribution in [0.15, 0.2) is 30.5 Å². The van der Waals surface area contributed by atoms with E-state index in [2.05, 4.69) is 4.98 Å². The van der Waals surface area contributed by atoms with Crippen LogP contribution in [0.1, 0.15) is 10.4 Å². The molecule has 0 aliphatic heterocycles. The lowest BCUT2D eigenvalue weighted by atomic mass is 10.1. The number of nitrogens with two attached hydrogens (primary N) is 1. The largest absolute Gasteiger partial charge is 0.361 e. The fourth-order valence-corrected chi connectivity index (χ4v) is 1.34. The molecule has 0 atom stereocenters. The zero-order valence-corrected chi connectivity index (χ0v) is 7.08. The summed E-state index contributed by atoms with van der Waals surface area (Å²) >= 11 is 0. The monoisotopic (exact) mass is 174 g/mol. The maximum atomic E-state index is 11.2. The van der Waals surface area contributed by atoms with Gasteiger partial charge in [0.2, 0.25) is 0 Å². The predicted octanol–water partition coefficient (Wildman–Crippen LogP) is 1.31. The fourth-order valence-electron chi connectivity index (χ4n) is 1.34. The molecular weight excluding hydrogens is 164 g/mol. The molecule has 1 heterocycles. The molecule has 0 saturated heterocycles. The average molecular weight is 174 g/mol. The fraction of sp³-hybridized carbons (Fsp3) is 0.100. The van der Waals surface area contributed by atoms with Crippen LogP contribution < -0.4 is 5.73 Å². The van der Waals surface area contributed by atoms with Gasteiger partial charge in [0.1, 0.15) is 0 Å². The lowest BCUT2D eigenvalue weighted by molar-refractivity contribution is 0.100. The Morgan fingerprint density at radius 3 is 3.00 bits per heavy atom. The van der Waals surface area contributed by atoms with Gasteiger partial charge in [0.05, 0.1) is 6.54 Å². The number of carbonyl (C=O) groups is 1. The zero-order chi connectivity index (χ0) is 9.26. The summed E-state index contributed by atoms with van der Waals surface area (Å²) in [6.07, 6.45) is 1.85. The van der Waals surface area contributed by atoms with E-state index in [1.54, 1.807) is 6.07 Å². The smallest absolute Gasteiger partial charge is 0.176 e. The molecule has 2 aromatic rings. The summed E-state index contributed by atoms with van der Waals surface area (Å²) in [4.78, 5) is 14.3. The molecule has 0 aliphatic carbocycles. The van der Waals surface area contributed by atoms with E-state index >= 15 is 0 Å². The lowest BCUT2D eigenvalue weighted by Crippen LogP contribution is -2.13. The Labute approximate surface area is 75.6 Å². The molecule has 0 spiro atoms. The molecule has 1 aromatic carbocycles. The number of carbonyl (C=O) groups excluding carboxylic acids is 1. The summed E-state index contributed by atoms with van der Waals surface area (Å²) in [7, 11) is 0. The van der Waals surface area contributed by atoms with Gasteiger partial charge in [-0.25, -0.2) is 0 Å². The van der Waals surface area contributed by atoms with E-state index in [1.165, 1.54) is 0 Å². The van der Waals surface area contributed by atoms with Crippen LogP contribution in [0, 0.1) is 0 Å². The van der Waals surface area contributed by atoms with Crippen molar-refractivity contribution in [1.29, 1.82) is 0 Å². The Kier molecular flexibility index (Phi) is 1.87. The molecule has 0 radical (unpaired) electrons. The van der Waals surface area contributed by atoms with Crippen LogP contribution in [-0.2, 0) is 0 Å². The predicted molar refractivity (Wildman–Crippen MR) is 51.7 cm³/mol. The highest BCUT2D eigenvalue weighted by molar-refractivity contribution is 6.00. The molecule has 0 aliphatic rings. The van der Waals surface area contributed by atoms with Gasteiger partial charge in [-0.15, -0.1) is 0 Å². The summed E-state index contributed by atoms with van der Waals surface area (Å²) in [6.45, 7) is 0.0654. The Morgan fingerprint density at radius 1 is 1.38 bits per heavy atom. The van der Waals surface area contributed by atoms with Gasteiger partial charge in [-0.2, -0.15) is 0 Å². The number of hydrogen-bond donors (Lipinski definition) is 2. The summed E-state index contributed by atoms with van der Waals surface area (Å²) < 4.78 is 0. The number of Topliss-reactive ketones (excluding diaryl/α,β-unsaturated/α-hetero) is 1. The molecule has 2 rings (SSSR count). The highest BCUT2D eigenvalue weighted by atomic mass is 16.1. The minimum absolute atomic E-state index is 0.0249. The average Bonchev–Trinajstić information content (AvgIpc) is 2.63. The minimum atomic E-state index is -0.0249. The number of fused-ring (bicyclic) bond motifs is 1. The molecule has 0 saturated carbocycles. The number of aromatic amines is 1. The van der Waals surface area contributed by atoms with Crippen LogP contribution >= 0.6 is 0 Å². The van der Waals surface area contributed by atoms with Crippen molar-refractivity contribution in [3.05, 3.63) is 36.0 Å². The minimum Gasteiger partial charge on any atom is -0.361 e. The molecule has 0 fully saturated rings. The van der Waals surface area contributed by atoms with Crippen molar-refractivity contribution in [3.8, 4) is 0 Å². The van der Waals surface area contributed by atoms with Crippen LogP contribution in [0.2, 0.25) is 0 Å². The Bertz CT molecular complexity index is 445. The number of ketones is 1. The van der Waals surface area contributed by atoms with Crippen molar-refractivity contribution in [2.75, 3.05) is 6.54 Å². The van der Waals surface area contributed by atoms with E-state index in [4.69, 9.17) is 5.73 Å². The van der Waals surface area contributed by atoms with Crippen molar-refractivity contribution in [2.45, 2.75) is 0 Å².